The van der Waals surface area contributed by atoms with Gasteiger partial charge >= 0.3 is 0 Å². The van der Waals surface area contributed by atoms with E-state index in [4.69, 9.17) is 13.9 Å². The molecule has 1 aliphatic heterocycles. The van der Waals surface area contributed by atoms with Crippen molar-refractivity contribution in [2.24, 2.45) is 0 Å². The first-order chi connectivity index (χ1) is 16.3. The molecule has 1 saturated heterocycles. The van der Waals surface area contributed by atoms with Crippen LogP contribution in [0.15, 0.2) is 63.9 Å². The van der Waals surface area contributed by atoms with Crippen molar-refractivity contribution in [3.63, 3.8) is 0 Å². The summed E-state index contributed by atoms with van der Waals surface area (Å²) in [4.78, 5) is 14.7. The lowest BCUT2D eigenvalue weighted by atomic mass is 10.1. The van der Waals surface area contributed by atoms with Crippen molar-refractivity contribution < 1.29 is 27.1 Å². The second-order valence-electron chi connectivity index (χ2n) is 8.20. The highest BCUT2D eigenvalue weighted by molar-refractivity contribution is 7.89. The second kappa shape index (κ2) is 9.90. The van der Waals surface area contributed by atoms with Crippen LogP contribution in [0.2, 0.25) is 0 Å². The van der Waals surface area contributed by atoms with E-state index >= 15 is 0 Å². The SMILES string of the molecule is COc1ccc(S(=O)(=O)N2CCN(C(=O)c3ccc(COc4ccc(C)cc4C)o3)CC2)cc1. The first kappa shape index (κ1) is 23.8. The molecule has 34 heavy (non-hydrogen) atoms. The monoisotopic (exact) mass is 484 g/mol. The molecule has 0 unspecified atom stereocenters. The Morgan fingerprint density at radius 1 is 0.971 bits per heavy atom. The molecule has 0 atom stereocenters. The van der Waals surface area contributed by atoms with E-state index in [-0.39, 0.29) is 49.3 Å². The predicted molar refractivity (Wildman–Crippen MR) is 127 cm³/mol. The standard InChI is InChI=1S/C25H28N2O6S/c1-18-4-10-23(19(2)16-18)32-17-21-7-11-24(33-21)25(28)26-12-14-27(15-13-26)34(29,30)22-8-5-20(31-3)6-9-22/h4-11,16H,12-15,17H2,1-3H3. The number of rotatable bonds is 7. The number of methoxy groups -OCH3 is 1. The molecule has 180 valence electrons. The van der Waals surface area contributed by atoms with Gasteiger partial charge in [-0.2, -0.15) is 4.31 Å². The molecule has 0 N–H and O–H groups in total. The number of carbonyl (C=O) groups is 1. The summed E-state index contributed by atoms with van der Waals surface area (Å²) in [6.45, 7) is 5.20. The van der Waals surface area contributed by atoms with Crippen LogP contribution in [0.1, 0.15) is 27.4 Å². The number of carbonyl (C=O) groups excluding carboxylic acids is 1. The van der Waals surface area contributed by atoms with E-state index in [1.165, 1.54) is 23.5 Å². The fraction of sp³-hybridized carbons (Fsp3) is 0.320. The molecule has 2 aromatic carbocycles. The second-order valence-corrected chi connectivity index (χ2v) is 10.1. The lowest BCUT2D eigenvalue weighted by Gasteiger charge is -2.33. The Morgan fingerprint density at radius 2 is 1.68 bits per heavy atom. The van der Waals surface area contributed by atoms with E-state index in [0.717, 1.165) is 16.9 Å². The van der Waals surface area contributed by atoms with Gasteiger partial charge < -0.3 is 18.8 Å². The van der Waals surface area contributed by atoms with Gasteiger partial charge in [0.25, 0.3) is 5.91 Å². The first-order valence-corrected chi connectivity index (χ1v) is 12.4. The molecule has 0 aliphatic carbocycles. The predicted octanol–water partition coefficient (Wildman–Crippen LogP) is 3.63. The summed E-state index contributed by atoms with van der Waals surface area (Å²) in [6.07, 6.45) is 0. The average molecular weight is 485 g/mol. The van der Waals surface area contributed by atoms with E-state index in [0.29, 0.717) is 11.5 Å². The maximum atomic E-state index is 12.9. The van der Waals surface area contributed by atoms with Gasteiger partial charge in [-0.15, -0.1) is 0 Å². The van der Waals surface area contributed by atoms with Crippen molar-refractivity contribution >= 4 is 15.9 Å². The number of benzene rings is 2. The van der Waals surface area contributed by atoms with Gasteiger partial charge in [0, 0.05) is 26.2 Å². The highest BCUT2D eigenvalue weighted by atomic mass is 32.2. The zero-order valence-electron chi connectivity index (χ0n) is 19.5. The van der Waals surface area contributed by atoms with Gasteiger partial charge in [-0.1, -0.05) is 17.7 Å². The number of amides is 1. The average Bonchev–Trinajstić information content (AvgIpc) is 3.32. The molecule has 1 aliphatic rings. The number of furan rings is 1. The van der Waals surface area contributed by atoms with E-state index < -0.39 is 10.0 Å². The number of aryl methyl sites for hydroxylation is 2. The highest BCUT2D eigenvalue weighted by Gasteiger charge is 2.31. The third kappa shape index (κ3) is 5.10. The Bertz CT molecular complexity index is 1260. The van der Waals surface area contributed by atoms with Gasteiger partial charge in [-0.3, -0.25) is 4.79 Å². The lowest BCUT2D eigenvalue weighted by Crippen LogP contribution is -2.50. The molecule has 8 nitrogen and oxygen atoms in total. The molecule has 1 aromatic heterocycles. The van der Waals surface area contributed by atoms with Crippen LogP contribution in [0.25, 0.3) is 0 Å². The van der Waals surface area contributed by atoms with Gasteiger partial charge in [0.15, 0.2) is 5.76 Å². The quantitative estimate of drug-likeness (QED) is 0.509. The number of nitrogens with zero attached hydrogens (tertiary/aromatic N) is 2. The molecule has 0 saturated carbocycles. The first-order valence-electron chi connectivity index (χ1n) is 11.0. The fourth-order valence-corrected chi connectivity index (χ4v) is 5.29. The molecule has 0 radical (unpaired) electrons. The number of ether oxygens (including phenoxy) is 2. The summed E-state index contributed by atoms with van der Waals surface area (Å²) in [7, 11) is -2.11. The van der Waals surface area contributed by atoms with Crippen molar-refractivity contribution in [1.82, 2.24) is 9.21 Å². The Kier molecular flexibility index (Phi) is 6.95. The van der Waals surface area contributed by atoms with E-state index in [2.05, 4.69) is 0 Å². The van der Waals surface area contributed by atoms with Gasteiger partial charge in [-0.25, -0.2) is 8.42 Å². The minimum atomic E-state index is -3.64. The van der Waals surface area contributed by atoms with Crippen molar-refractivity contribution in [2.45, 2.75) is 25.3 Å². The largest absolute Gasteiger partial charge is 0.497 e. The van der Waals surface area contributed by atoms with Crippen LogP contribution in [0.3, 0.4) is 0 Å². The van der Waals surface area contributed by atoms with Gasteiger partial charge in [0.1, 0.15) is 23.9 Å². The van der Waals surface area contributed by atoms with Crippen LogP contribution in [0.5, 0.6) is 11.5 Å². The molecule has 2 heterocycles. The molecule has 1 fully saturated rings. The Morgan fingerprint density at radius 3 is 2.32 bits per heavy atom. The third-order valence-corrected chi connectivity index (χ3v) is 7.71. The Labute approximate surface area is 199 Å². The van der Waals surface area contributed by atoms with Crippen molar-refractivity contribution in [2.75, 3.05) is 33.3 Å². The zero-order chi connectivity index (χ0) is 24.3. The highest BCUT2D eigenvalue weighted by Crippen LogP contribution is 2.23. The minimum absolute atomic E-state index is 0.201. The number of hydrogen-bond acceptors (Lipinski definition) is 6. The van der Waals surface area contributed by atoms with E-state index in [1.807, 2.05) is 32.0 Å². The van der Waals surface area contributed by atoms with Crippen LogP contribution in [-0.2, 0) is 16.6 Å². The number of sulfonamides is 1. The molecule has 1 amide bonds. The summed E-state index contributed by atoms with van der Waals surface area (Å²) in [5.74, 6) is 1.85. The maximum Gasteiger partial charge on any atom is 0.289 e. The Hall–Kier alpha value is -3.30. The summed E-state index contributed by atoms with van der Waals surface area (Å²) < 4.78 is 43.9. The number of hydrogen-bond donors (Lipinski definition) is 0. The molecule has 0 bridgehead atoms. The smallest absolute Gasteiger partial charge is 0.289 e. The van der Waals surface area contributed by atoms with Gasteiger partial charge in [0.2, 0.25) is 10.0 Å². The summed E-state index contributed by atoms with van der Waals surface area (Å²) >= 11 is 0. The zero-order valence-corrected chi connectivity index (χ0v) is 20.3. The summed E-state index contributed by atoms with van der Waals surface area (Å²) in [6, 6.07) is 15.6. The molecular weight excluding hydrogens is 456 g/mol. The third-order valence-electron chi connectivity index (χ3n) is 5.80. The van der Waals surface area contributed by atoms with Crippen molar-refractivity contribution in [1.29, 1.82) is 0 Å². The molecule has 4 rings (SSSR count). The molecular formula is C25H28N2O6S. The van der Waals surface area contributed by atoms with Crippen LogP contribution < -0.4 is 9.47 Å². The topological polar surface area (TPSA) is 89.3 Å². The lowest BCUT2D eigenvalue weighted by molar-refractivity contribution is 0.0662. The van der Waals surface area contributed by atoms with Crippen LogP contribution in [0.4, 0.5) is 0 Å². The van der Waals surface area contributed by atoms with E-state index in [9.17, 15) is 13.2 Å². The van der Waals surface area contributed by atoms with Crippen LogP contribution in [-0.4, -0.2) is 56.8 Å². The number of piperazine rings is 1. The van der Waals surface area contributed by atoms with Crippen molar-refractivity contribution in [3.05, 3.63) is 77.2 Å². The van der Waals surface area contributed by atoms with Crippen molar-refractivity contribution in [3.8, 4) is 11.5 Å². The molecule has 0 spiro atoms. The summed E-state index contributed by atoms with van der Waals surface area (Å²) in [5.41, 5.74) is 2.19. The molecule has 9 heteroatoms. The van der Waals surface area contributed by atoms with E-state index in [1.54, 1.807) is 29.2 Å². The molecule has 3 aromatic rings. The fourth-order valence-electron chi connectivity index (χ4n) is 3.86. The summed E-state index contributed by atoms with van der Waals surface area (Å²) in [5, 5.41) is 0. The van der Waals surface area contributed by atoms with Gasteiger partial charge in [-0.05, 0) is 61.9 Å². The Balaban J connectivity index is 1.34. The maximum absolute atomic E-state index is 12.9. The van der Waals surface area contributed by atoms with Crippen LogP contribution in [0, 0.1) is 13.8 Å². The van der Waals surface area contributed by atoms with Crippen LogP contribution >= 0.6 is 0 Å². The minimum Gasteiger partial charge on any atom is -0.497 e. The normalized spacial score (nSPS) is 14.7. The van der Waals surface area contributed by atoms with Gasteiger partial charge in [0.05, 0.1) is 12.0 Å².